The maximum absolute atomic E-state index is 13.1. The Bertz CT molecular complexity index is 1130. The minimum atomic E-state index is -4.48. The summed E-state index contributed by atoms with van der Waals surface area (Å²) in [7, 11) is 1.26. The fourth-order valence-corrected chi connectivity index (χ4v) is 3.00. The number of benzene rings is 3. The quantitative estimate of drug-likeness (QED) is 0.415. The van der Waals surface area contributed by atoms with Crippen LogP contribution in [0.25, 0.3) is 11.6 Å². The number of rotatable bonds is 5. The van der Waals surface area contributed by atoms with Crippen molar-refractivity contribution in [1.29, 1.82) is 0 Å². The predicted octanol–water partition coefficient (Wildman–Crippen LogP) is 5.78. The molecule has 3 aromatic carbocycles. The molecular formula is C24H17F3O4. The minimum absolute atomic E-state index is 0.0863. The number of methoxy groups -OCH3 is 1. The van der Waals surface area contributed by atoms with Crippen LogP contribution in [0.2, 0.25) is 0 Å². The first-order chi connectivity index (χ1) is 14.7. The van der Waals surface area contributed by atoms with E-state index in [-0.39, 0.29) is 5.56 Å². The van der Waals surface area contributed by atoms with Crippen LogP contribution in [0.15, 0.2) is 72.8 Å². The third-order valence-corrected chi connectivity index (χ3v) is 4.58. The zero-order valence-electron chi connectivity index (χ0n) is 16.3. The average Bonchev–Trinajstić information content (AvgIpc) is 2.77. The molecule has 0 unspecified atom stereocenters. The van der Waals surface area contributed by atoms with E-state index in [2.05, 4.69) is 4.74 Å². The van der Waals surface area contributed by atoms with Crippen molar-refractivity contribution < 1.29 is 32.6 Å². The smallest absolute Gasteiger partial charge is 0.416 e. The Balaban J connectivity index is 2.11. The maximum Gasteiger partial charge on any atom is 0.416 e. The molecule has 0 radical (unpaired) electrons. The van der Waals surface area contributed by atoms with Gasteiger partial charge in [-0.15, -0.1) is 0 Å². The van der Waals surface area contributed by atoms with E-state index in [1.165, 1.54) is 25.3 Å². The summed E-state index contributed by atoms with van der Waals surface area (Å²) in [5.41, 5.74) is 1.76. The molecule has 0 amide bonds. The zero-order chi connectivity index (χ0) is 22.6. The molecule has 0 aromatic heterocycles. The first-order valence-electron chi connectivity index (χ1n) is 9.10. The summed E-state index contributed by atoms with van der Waals surface area (Å²) in [6.07, 6.45) is -2.90. The number of carbonyl (C=O) groups is 2. The fourth-order valence-electron chi connectivity index (χ4n) is 3.00. The topological polar surface area (TPSA) is 63.6 Å². The van der Waals surface area contributed by atoms with Gasteiger partial charge < -0.3 is 9.84 Å². The number of carboxylic acid groups (broad SMARTS) is 1. The highest BCUT2D eigenvalue weighted by molar-refractivity contribution is 5.95. The van der Waals surface area contributed by atoms with Crippen LogP contribution in [0.3, 0.4) is 0 Å². The molecule has 158 valence electrons. The number of carbonyl (C=O) groups excluding carboxylic acids is 1. The first-order valence-corrected chi connectivity index (χ1v) is 9.10. The molecule has 0 aliphatic rings. The van der Waals surface area contributed by atoms with Gasteiger partial charge in [0.05, 0.1) is 23.8 Å². The summed E-state index contributed by atoms with van der Waals surface area (Å²) >= 11 is 0. The van der Waals surface area contributed by atoms with Gasteiger partial charge in [-0.2, -0.15) is 13.2 Å². The summed E-state index contributed by atoms with van der Waals surface area (Å²) in [4.78, 5) is 22.8. The van der Waals surface area contributed by atoms with E-state index in [4.69, 9.17) is 5.11 Å². The van der Waals surface area contributed by atoms with Crippen molar-refractivity contribution in [1.82, 2.24) is 0 Å². The Morgan fingerprint density at radius 3 is 1.84 bits per heavy atom. The van der Waals surface area contributed by atoms with E-state index in [9.17, 15) is 22.8 Å². The van der Waals surface area contributed by atoms with Crippen molar-refractivity contribution in [3.63, 3.8) is 0 Å². The monoisotopic (exact) mass is 426 g/mol. The molecule has 3 rings (SSSR count). The number of esters is 1. The van der Waals surface area contributed by atoms with Gasteiger partial charge in [0.15, 0.2) is 0 Å². The molecule has 0 bridgehead atoms. The average molecular weight is 426 g/mol. The van der Waals surface area contributed by atoms with E-state index in [0.717, 1.165) is 12.1 Å². The molecule has 7 heteroatoms. The van der Waals surface area contributed by atoms with Gasteiger partial charge in [0.2, 0.25) is 0 Å². The van der Waals surface area contributed by atoms with Crippen molar-refractivity contribution in [3.8, 4) is 0 Å². The number of halogens is 3. The normalized spacial score (nSPS) is 11.8. The van der Waals surface area contributed by atoms with Crippen molar-refractivity contribution in [2.45, 2.75) is 6.18 Å². The van der Waals surface area contributed by atoms with Crippen LogP contribution in [0, 0.1) is 0 Å². The minimum Gasteiger partial charge on any atom is -0.478 e. The van der Waals surface area contributed by atoms with E-state index in [1.807, 2.05) is 0 Å². The van der Waals surface area contributed by atoms with Gasteiger partial charge in [0, 0.05) is 0 Å². The lowest BCUT2D eigenvalue weighted by Gasteiger charge is -2.12. The molecule has 0 spiro atoms. The summed E-state index contributed by atoms with van der Waals surface area (Å²) < 4.78 is 44.0. The molecule has 0 aliphatic heterocycles. The molecular weight excluding hydrogens is 409 g/mol. The molecule has 0 aliphatic carbocycles. The number of hydrogen-bond donors (Lipinski definition) is 1. The fraction of sp³-hybridized carbons (Fsp3) is 0.0833. The van der Waals surface area contributed by atoms with E-state index >= 15 is 0 Å². The van der Waals surface area contributed by atoms with E-state index in [1.54, 1.807) is 48.5 Å². The Hall–Kier alpha value is -3.87. The Morgan fingerprint density at radius 2 is 1.35 bits per heavy atom. The first kappa shape index (κ1) is 21.8. The molecule has 0 fully saturated rings. The summed E-state index contributed by atoms with van der Waals surface area (Å²) in [5, 5.41) is 9.11. The van der Waals surface area contributed by atoms with Crippen molar-refractivity contribution >= 4 is 23.6 Å². The van der Waals surface area contributed by atoms with Crippen molar-refractivity contribution in [3.05, 3.63) is 106 Å². The number of ether oxygens (including phenoxy) is 1. The lowest BCUT2D eigenvalue weighted by molar-refractivity contribution is -0.137. The van der Waals surface area contributed by atoms with Gasteiger partial charge in [-0.3, -0.25) is 0 Å². The maximum atomic E-state index is 13.1. The van der Waals surface area contributed by atoms with Crippen LogP contribution in [0.1, 0.15) is 43.0 Å². The number of alkyl halides is 3. The second-order valence-corrected chi connectivity index (χ2v) is 6.63. The van der Waals surface area contributed by atoms with Gasteiger partial charge in [0.25, 0.3) is 0 Å². The van der Waals surface area contributed by atoms with E-state index in [0.29, 0.717) is 27.8 Å². The third-order valence-electron chi connectivity index (χ3n) is 4.58. The third kappa shape index (κ3) is 5.19. The predicted molar refractivity (Wildman–Crippen MR) is 110 cm³/mol. The van der Waals surface area contributed by atoms with Crippen LogP contribution in [0.5, 0.6) is 0 Å². The Kier molecular flexibility index (Phi) is 6.25. The Labute approximate surface area is 176 Å². The second-order valence-electron chi connectivity index (χ2n) is 6.63. The largest absolute Gasteiger partial charge is 0.478 e. The summed E-state index contributed by atoms with van der Waals surface area (Å²) in [5.74, 6) is -1.60. The second kappa shape index (κ2) is 8.87. The SMILES string of the molecule is COC(=O)c1ccc(C(=Cc2cccc(C(F)(F)F)c2)c2ccc(C(=O)O)cc2)cc1. The van der Waals surface area contributed by atoms with Gasteiger partial charge in [-0.25, -0.2) is 9.59 Å². The molecule has 31 heavy (non-hydrogen) atoms. The molecule has 0 saturated heterocycles. The molecule has 3 aromatic rings. The van der Waals surface area contributed by atoms with Crippen molar-refractivity contribution in [2.75, 3.05) is 7.11 Å². The molecule has 0 heterocycles. The molecule has 4 nitrogen and oxygen atoms in total. The van der Waals surface area contributed by atoms with Gasteiger partial charge in [-0.05, 0) is 64.7 Å². The Morgan fingerprint density at radius 1 is 0.839 bits per heavy atom. The van der Waals surface area contributed by atoms with Crippen LogP contribution >= 0.6 is 0 Å². The standard InChI is InChI=1S/C24H17F3O4/c1-31-23(30)19-11-7-17(8-12-19)21(16-5-9-18(10-6-16)22(28)29)14-15-3-2-4-20(13-15)24(25,26)27/h2-14H,1H3,(H,28,29). The van der Waals surface area contributed by atoms with Gasteiger partial charge >= 0.3 is 18.1 Å². The highest BCUT2D eigenvalue weighted by atomic mass is 19.4. The summed E-state index contributed by atoms with van der Waals surface area (Å²) in [6, 6.07) is 17.3. The van der Waals surface area contributed by atoms with E-state index < -0.39 is 23.7 Å². The van der Waals surface area contributed by atoms with Crippen LogP contribution < -0.4 is 0 Å². The summed E-state index contributed by atoms with van der Waals surface area (Å²) in [6.45, 7) is 0. The van der Waals surface area contributed by atoms with Crippen LogP contribution in [0.4, 0.5) is 13.2 Å². The molecule has 0 saturated carbocycles. The lowest BCUT2D eigenvalue weighted by atomic mass is 9.94. The van der Waals surface area contributed by atoms with Crippen LogP contribution in [-0.4, -0.2) is 24.2 Å². The van der Waals surface area contributed by atoms with Crippen molar-refractivity contribution in [2.24, 2.45) is 0 Å². The number of hydrogen-bond acceptors (Lipinski definition) is 3. The molecule has 1 N–H and O–H groups in total. The highest BCUT2D eigenvalue weighted by Crippen LogP contribution is 2.32. The number of aromatic carboxylic acids is 1. The van der Waals surface area contributed by atoms with Crippen LogP contribution in [-0.2, 0) is 10.9 Å². The molecule has 0 atom stereocenters. The lowest BCUT2D eigenvalue weighted by Crippen LogP contribution is -2.04. The van der Waals surface area contributed by atoms with Gasteiger partial charge in [0.1, 0.15) is 0 Å². The zero-order valence-corrected chi connectivity index (χ0v) is 16.3. The number of carboxylic acids is 1. The highest BCUT2D eigenvalue weighted by Gasteiger charge is 2.30. The van der Waals surface area contributed by atoms with Gasteiger partial charge in [-0.1, -0.05) is 36.4 Å².